The maximum atomic E-state index is 11.4. The van der Waals surface area contributed by atoms with Crippen molar-refractivity contribution in [1.82, 2.24) is 0 Å². The van der Waals surface area contributed by atoms with Crippen LogP contribution in [0, 0.1) is 0 Å². The molecule has 16 heavy (non-hydrogen) atoms. The summed E-state index contributed by atoms with van der Waals surface area (Å²) in [6, 6.07) is 7.37. The molecule has 0 unspecified atom stereocenters. The molecule has 0 aliphatic carbocycles. The molecule has 0 radical (unpaired) electrons. The Labute approximate surface area is 97.8 Å². The molecule has 0 spiro atoms. The van der Waals surface area contributed by atoms with Crippen LogP contribution in [0.2, 0.25) is 0 Å². The van der Waals surface area contributed by atoms with Crippen LogP contribution in [0.5, 0.6) is 0 Å². The first-order chi connectivity index (χ1) is 7.47. The summed E-state index contributed by atoms with van der Waals surface area (Å²) >= 11 is 0. The van der Waals surface area contributed by atoms with Gasteiger partial charge in [0, 0.05) is 18.0 Å². The molecule has 0 atom stereocenters. The van der Waals surface area contributed by atoms with Gasteiger partial charge in [0.25, 0.3) is 0 Å². The molecule has 0 aliphatic rings. The first-order valence-electron chi connectivity index (χ1n) is 5.54. The number of hydrogen-bond donors (Lipinski definition) is 1. The van der Waals surface area contributed by atoms with Gasteiger partial charge in [-0.2, -0.15) is 0 Å². The molecule has 0 saturated heterocycles. The predicted molar refractivity (Wildman–Crippen MR) is 67.5 cm³/mol. The molecule has 1 aromatic rings. The Bertz CT molecular complexity index is 436. The second kappa shape index (κ2) is 5.34. The Balaban J connectivity index is 2.91. The molecule has 0 fully saturated rings. The van der Waals surface area contributed by atoms with Crippen LogP contribution in [-0.2, 0) is 9.84 Å². The summed E-state index contributed by atoms with van der Waals surface area (Å²) in [7, 11) is -3.11. The molecule has 90 valence electrons. The molecule has 4 heteroatoms. The highest BCUT2D eigenvalue weighted by Crippen LogP contribution is 2.17. The molecule has 1 N–H and O–H groups in total. The van der Waals surface area contributed by atoms with Crippen molar-refractivity contribution in [3.8, 4) is 0 Å². The number of benzene rings is 1. The third kappa shape index (κ3) is 3.52. The fourth-order valence-corrected chi connectivity index (χ4v) is 2.21. The summed E-state index contributed by atoms with van der Waals surface area (Å²) < 4.78 is 22.8. The summed E-state index contributed by atoms with van der Waals surface area (Å²) in [5.74, 6) is 0. The van der Waals surface area contributed by atoms with E-state index in [-0.39, 0.29) is 0 Å². The fourth-order valence-electron chi connectivity index (χ4n) is 1.55. The van der Waals surface area contributed by atoms with Crippen molar-refractivity contribution in [2.45, 2.75) is 37.6 Å². The number of nitrogens with one attached hydrogen (secondary N) is 1. The Morgan fingerprint density at radius 1 is 1.25 bits per heavy atom. The lowest BCUT2D eigenvalue weighted by atomic mass is 10.1. The van der Waals surface area contributed by atoms with Crippen molar-refractivity contribution in [2.24, 2.45) is 0 Å². The van der Waals surface area contributed by atoms with Gasteiger partial charge in [-0.05, 0) is 31.0 Å². The van der Waals surface area contributed by atoms with Crippen LogP contribution in [0.4, 0.5) is 5.69 Å². The van der Waals surface area contributed by atoms with E-state index >= 15 is 0 Å². The van der Waals surface area contributed by atoms with E-state index in [1.807, 2.05) is 6.07 Å². The average Bonchev–Trinajstić information content (AvgIpc) is 2.25. The highest BCUT2D eigenvalue weighted by Gasteiger charge is 2.08. The Morgan fingerprint density at radius 2 is 1.88 bits per heavy atom. The van der Waals surface area contributed by atoms with Gasteiger partial charge >= 0.3 is 0 Å². The van der Waals surface area contributed by atoms with Crippen LogP contribution in [0.25, 0.3) is 0 Å². The highest BCUT2D eigenvalue weighted by molar-refractivity contribution is 7.90. The van der Waals surface area contributed by atoms with Crippen molar-refractivity contribution < 1.29 is 8.42 Å². The van der Waals surface area contributed by atoms with E-state index in [1.165, 1.54) is 6.26 Å². The second-order valence-corrected chi connectivity index (χ2v) is 5.97. The predicted octanol–water partition coefficient (Wildman–Crippen LogP) is 2.69. The summed E-state index contributed by atoms with van der Waals surface area (Å²) in [6.07, 6.45) is 3.28. The molecular weight excluding hydrogens is 222 g/mol. The number of hydrogen-bond acceptors (Lipinski definition) is 3. The van der Waals surface area contributed by atoms with E-state index in [9.17, 15) is 8.42 Å². The second-order valence-electron chi connectivity index (χ2n) is 3.96. The number of rotatable bonds is 5. The van der Waals surface area contributed by atoms with Crippen LogP contribution in [-0.4, -0.2) is 20.7 Å². The average molecular weight is 241 g/mol. The topological polar surface area (TPSA) is 46.2 Å². The first kappa shape index (κ1) is 13.0. The Morgan fingerprint density at radius 3 is 2.38 bits per heavy atom. The van der Waals surface area contributed by atoms with Crippen LogP contribution in [0.3, 0.4) is 0 Å². The van der Waals surface area contributed by atoms with Crippen LogP contribution in [0.1, 0.15) is 26.7 Å². The SMILES string of the molecule is CCC(CC)Nc1cccc(S(C)(=O)=O)c1. The van der Waals surface area contributed by atoms with Gasteiger partial charge in [0.05, 0.1) is 4.90 Å². The smallest absolute Gasteiger partial charge is 0.175 e. The van der Waals surface area contributed by atoms with Gasteiger partial charge in [-0.15, -0.1) is 0 Å². The normalized spacial score (nSPS) is 11.8. The van der Waals surface area contributed by atoms with E-state index in [0.717, 1.165) is 18.5 Å². The van der Waals surface area contributed by atoms with E-state index in [1.54, 1.807) is 18.2 Å². The summed E-state index contributed by atoms with van der Waals surface area (Å²) in [5.41, 5.74) is 0.872. The van der Waals surface area contributed by atoms with Crippen molar-refractivity contribution in [3.05, 3.63) is 24.3 Å². The molecule has 0 aromatic heterocycles. The zero-order valence-corrected chi connectivity index (χ0v) is 10.8. The molecular formula is C12H19NO2S. The van der Waals surface area contributed by atoms with E-state index < -0.39 is 9.84 Å². The third-order valence-electron chi connectivity index (χ3n) is 2.62. The van der Waals surface area contributed by atoms with Gasteiger partial charge in [0.1, 0.15) is 0 Å². The van der Waals surface area contributed by atoms with Gasteiger partial charge < -0.3 is 5.32 Å². The lowest BCUT2D eigenvalue weighted by molar-refractivity contribution is 0.602. The zero-order valence-electron chi connectivity index (χ0n) is 10.0. The maximum Gasteiger partial charge on any atom is 0.175 e. The largest absolute Gasteiger partial charge is 0.382 e. The monoisotopic (exact) mass is 241 g/mol. The highest BCUT2D eigenvalue weighted by atomic mass is 32.2. The number of anilines is 1. The summed E-state index contributed by atoms with van der Waals surface area (Å²) in [6.45, 7) is 4.23. The summed E-state index contributed by atoms with van der Waals surface area (Å²) in [5, 5.41) is 3.33. The first-order valence-corrected chi connectivity index (χ1v) is 7.43. The number of sulfone groups is 1. The minimum atomic E-state index is -3.11. The Kier molecular flexibility index (Phi) is 4.35. The molecule has 3 nitrogen and oxygen atoms in total. The molecule has 0 heterocycles. The summed E-state index contributed by atoms with van der Waals surface area (Å²) in [4.78, 5) is 0.364. The van der Waals surface area contributed by atoms with Crippen molar-refractivity contribution in [2.75, 3.05) is 11.6 Å². The quantitative estimate of drug-likeness (QED) is 0.862. The van der Waals surface area contributed by atoms with Crippen LogP contribution >= 0.6 is 0 Å². The van der Waals surface area contributed by atoms with Gasteiger partial charge in [-0.3, -0.25) is 0 Å². The van der Waals surface area contributed by atoms with Gasteiger partial charge in [-0.25, -0.2) is 8.42 Å². The minimum Gasteiger partial charge on any atom is -0.382 e. The molecule has 0 amide bonds. The van der Waals surface area contributed by atoms with Gasteiger partial charge in [0.15, 0.2) is 9.84 Å². The fraction of sp³-hybridized carbons (Fsp3) is 0.500. The maximum absolute atomic E-state index is 11.4. The minimum absolute atomic E-state index is 0.364. The Hall–Kier alpha value is -1.03. The van der Waals surface area contributed by atoms with E-state index in [4.69, 9.17) is 0 Å². The van der Waals surface area contributed by atoms with Crippen molar-refractivity contribution >= 4 is 15.5 Å². The van der Waals surface area contributed by atoms with Gasteiger partial charge in [0.2, 0.25) is 0 Å². The standard InChI is InChI=1S/C12H19NO2S/c1-4-10(5-2)13-11-7-6-8-12(9-11)16(3,14)15/h6-10,13H,4-5H2,1-3H3. The van der Waals surface area contributed by atoms with Crippen LogP contribution < -0.4 is 5.32 Å². The molecule has 0 saturated carbocycles. The van der Waals surface area contributed by atoms with Crippen LogP contribution in [0.15, 0.2) is 29.2 Å². The molecule has 1 rings (SSSR count). The lowest BCUT2D eigenvalue weighted by Gasteiger charge is -2.16. The molecule has 0 aliphatic heterocycles. The lowest BCUT2D eigenvalue weighted by Crippen LogP contribution is -2.17. The van der Waals surface area contributed by atoms with Crippen molar-refractivity contribution in [3.63, 3.8) is 0 Å². The van der Waals surface area contributed by atoms with E-state index in [0.29, 0.717) is 10.9 Å². The molecule has 1 aromatic carbocycles. The van der Waals surface area contributed by atoms with Crippen molar-refractivity contribution in [1.29, 1.82) is 0 Å². The van der Waals surface area contributed by atoms with Gasteiger partial charge in [-0.1, -0.05) is 19.9 Å². The molecule has 0 bridgehead atoms. The van der Waals surface area contributed by atoms with E-state index in [2.05, 4.69) is 19.2 Å². The zero-order chi connectivity index (χ0) is 12.2. The third-order valence-corrected chi connectivity index (χ3v) is 3.73.